The second-order valence-corrected chi connectivity index (χ2v) is 5.18. The van der Waals surface area contributed by atoms with Crippen LogP contribution >= 0.6 is 15.9 Å². The number of amides is 1. The van der Waals surface area contributed by atoms with Gasteiger partial charge in [0.1, 0.15) is 0 Å². The first-order valence-corrected chi connectivity index (χ1v) is 7.11. The van der Waals surface area contributed by atoms with Crippen molar-refractivity contribution in [3.05, 3.63) is 64.1 Å². The van der Waals surface area contributed by atoms with Crippen LogP contribution < -0.4 is 5.32 Å². The molecular formula is C16H16BrNO. The monoisotopic (exact) mass is 317 g/mol. The molecule has 0 saturated carbocycles. The van der Waals surface area contributed by atoms with E-state index >= 15 is 0 Å². The van der Waals surface area contributed by atoms with Gasteiger partial charge < -0.3 is 5.32 Å². The molecule has 3 heteroatoms. The van der Waals surface area contributed by atoms with E-state index in [1.54, 1.807) is 0 Å². The van der Waals surface area contributed by atoms with E-state index in [4.69, 9.17) is 0 Å². The highest BCUT2D eigenvalue weighted by atomic mass is 79.9. The number of hydrogen-bond acceptors (Lipinski definition) is 1. The van der Waals surface area contributed by atoms with Gasteiger partial charge in [0.05, 0.1) is 6.42 Å². The first-order valence-electron chi connectivity index (χ1n) is 6.32. The zero-order valence-electron chi connectivity index (χ0n) is 10.8. The Morgan fingerprint density at radius 1 is 1.05 bits per heavy atom. The first-order chi connectivity index (χ1) is 9.20. The number of hydrogen-bond donors (Lipinski definition) is 1. The van der Waals surface area contributed by atoms with Crippen LogP contribution in [0, 0.1) is 0 Å². The minimum atomic E-state index is 0.00722. The van der Waals surface area contributed by atoms with Crippen LogP contribution in [0.2, 0.25) is 0 Å². The molecule has 2 rings (SSSR count). The lowest BCUT2D eigenvalue weighted by molar-refractivity contribution is -0.115. The molecule has 1 amide bonds. The highest BCUT2D eigenvalue weighted by Gasteiger charge is 2.08. The van der Waals surface area contributed by atoms with E-state index in [0.29, 0.717) is 6.42 Å². The molecule has 2 aromatic rings. The molecule has 2 nitrogen and oxygen atoms in total. The standard InChI is InChI=1S/C16H16BrNO/c1-2-12-7-4-6-10-15(12)18-16(19)11-13-8-3-5-9-14(13)17/h3-10H,2,11H2,1H3,(H,18,19). The van der Waals surface area contributed by atoms with Crippen molar-refractivity contribution in [1.82, 2.24) is 0 Å². The molecule has 0 atom stereocenters. The van der Waals surface area contributed by atoms with Crippen LogP contribution in [0.1, 0.15) is 18.1 Å². The van der Waals surface area contributed by atoms with Crippen molar-refractivity contribution in [2.24, 2.45) is 0 Å². The third kappa shape index (κ3) is 3.67. The summed E-state index contributed by atoms with van der Waals surface area (Å²) in [6, 6.07) is 15.7. The number of aryl methyl sites for hydroxylation is 1. The largest absolute Gasteiger partial charge is 0.326 e. The summed E-state index contributed by atoms with van der Waals surface area (Å²) in [6.07, 6.45) is 1.28. The molecule has 0 aliphatic carbocycles. The summed E-state index contributed by atoms with van der Waals surface area (Å²) in [6.45, 7) is 2.08. The fraction of sp³-hybridized carbons (Fsp3) is 0.188. The lowest BCUT2D eigenvalue weighted by atomic mass is 10.1. The fourth-order valence-corrected chi connectivity index (χ4v) is 2.38. The maximum atomic E-state index is 12.1. The van der Waals surface area contributed by atoms with Gasteiger partial charge in [0.15, 0.2) is 0 Å². The molecule has 2 aromatic carbocycles. The predicted molar refractivity (Wildman–Crippen MR) is 82.3 cm³/mol. The number of carbonyl (C=O) groups is 1. The number of rotatable bonds is 4. The van der Waals surface area contributed by atoms with Crippen molar-refractivity contribution in [1.29, 1.82) is 0 Å². The van der Waals surface area contributed by atoms with E-state index in [-0.39, 0.29) is 5.91 Å². The Bertz CT molecular complexity index is 580. The van der Waals surface area contributed by atoms with Crippen molar-refractivity contribution in [3.8, 4) is 0 Å². The number of halogens is 1. The zero-order valence-corrected chi connectivity index (χ0v) is 12.4. The molecule has 0 heterocycles. The van der Waals surface area contributed by atoms with Crippen molar-refractivity contribution >= 4 is 27.5 Å². The highest BCUT2D eigenvalue weighted by molar-refractivity contribution is 9.10. The van der Waals surface area contributed by atoms with Gasteiger partial charge in [-0.1, -0.05) is 59.3 Å². The van der Waals surface area contributed by atoms with E-state index in [1.165, 1.54) is 0 Å². The van der Waals surface area contributed by atoms with Crippen molar-refractivity contribution in [3.63, 3.8) is 0 Å². The summed E-state index contributed by atoms with van der Waals surface area (Å²) in [5.41, 5.74) is 3.05. The van der Waals surface area contributed by atoms with E-state index in [1.807, 2.05) is 48.5 Å². The van der Waals surface area contributed by atoms with Gasteiger partial charge in [-0.25, -0.2) is 0 Å². The van der Waals surface area contributed by atoms with Crippen LogP contribution in [0.15, 0.2) is 53.0 Å². The minimum Gasteiger partial charge on any atom is -0.326 e. The van der Waals surface area contributed by atoms with Crippen LogP contribution in [-0.2, 0) is 17.6 Å². The van der Waals surface area contributed by atoms with Crippen LogP contribution in [0.5, 0.6) is 0 Å². The van der Waals surface area contributed by atoms with Crippen LogP contribution in [0.4, 0.5) is 5.69 Å². The number of anilines is 1. The molecule has 19 heavy (non-hydrogen) atoms. The molecule has 98 valence electrons. The summed E-state index contributed by atoms with van der Waals surface area (Å²) in [5.74, 6) is 0.00722. The highest BCUT2D eigenvalue weighted by Crippen LogP contribution is 2.19. The molecule has 0 fully saturated rings. The Morgan fingerprint density at radius 3 is 2.37 bits per heavy atom. The van der Waals surface area contributed by atoms with Crippen LogP contribution in [0.3, 0.4) is 0 Å². The van der Waals surface area contributed by atoms with Gasteiger partial charge in [-0.15, -0.1) is 0 Å². The number of benzene rings is 2. The number of carbonyl (C=O) groups excluding carboxylic acids is 1. The quantitative estimate of drug-likeness (QED) is 0.900. The normalized spacial score (nSPS) is 10.2. The van der Waals surface area contributed by atoms with Crippen molar-refractivity contribution in [2.75, 3.05) is 5.32 Å². The molecule has 0 aliphatic heterocycles. The van der Waals surface area contributed by atoms with E-state index in [0.717, 1.165) is 27.7 Å². The Morgan fingerprint density at radius 2 is 1.68 bits per heavy atom. The van der Waals surface area contributed by atoms with Crippen molar-refractivity contribution < 1.29 is 4.79 Å². The molecular weight excluding hydrogens is 302 g/mol. The van der Waals surface area contributed by atoms with Gasteiger partial charge in [-0.2, -0.15) is 0 Å². The lowest BCUT2D eigenvalue weighted by Gasteiger charge is -2.10. The van der Waals surface area contributed by atoms with Crippen LogP contribution in [0.25, 0.3) is 0 Å². The summed E-state index contributed by atoms with van der Waals surface area (Å²) in [4.78, 5) is 12.1. The maximum absolute atomic E-state index is 12.1. The predicted octanol–water partition coefficient (Wildman–Crippen LogP) is 4.19. The molecule has 0 radical (unpaired) electrons. The summed E-state index contributed by atoms with van der Waals surface area (Å²) >= 11 is 3.46. The summed E-state index contributed by atoms with van der Waals surface area (Å²) in [7, 11) is 0. The first kappa shape index (κ1) is 13.8. The fourth-order valence-electron chi connectivity index (χ4n) is 1.96. The maximum Gasteiger partial charge on any atom is 0.228 e. The van der Waals surface area contributed by atoms with E-state index in [9.17, 15) is 4.79 Å². The topological polar surface area (TPSA) is 29.1 Å². The summed E-state index contributed by atoms with van der Waals surface area (Å²) in [5, 5.41) is 2.98. The Hall–Kier alpha value is -1.61. The van der Waals surface area contributed by atoms with Gasteiger partial charge in [-0.05, 0) is 29.7 Å². The Kier molecular flexibility index (Phi) is 4.74. The van der Waals surface area contributed by atoms with Crippen LogP contribution in [-0.4, -0.2) is 5.91 Å². The van der Waals surface area contributed by atoms with Gasteiger partial charge in [0.2, 0.25) is 5.91 Å². The number of nitrogens with one attached hydrogen (secondary N) is 1. The van der Waals surface area contributed by atoms with E-state index < -0.39 is 0 Å². The van der Waals surface area contributed by atoms with Gasteiger partial charge in [0.25, 0.3) is 0 Å². The van der Waals surface area contributed by atoms with Crippen molar-refractivity contribution in [2.45, 2.75) is 19.8 Å². The van der Waals surface area contributed by atoms with E-state index in [2.05, 4.69) is 28.2 Å². The number of para-hydroxylation sites is 1. The smallest absolute Gasteiger partial charge is 0.228 e. The molecule has 0 aromatic heterocycles. The second-order valence-electron chi connectivity index (χ2n) is 4.33. The van der Waals surface area contributed by atoms with Gasteiger partial charge >= 0.3 is 0 Å². The third-order valence-electron chi connectivity index (χ3n) is 2.98. The second kappa shape index (κ2) is 6.53. The Balaban J connectivity index is 2.08. The SMILES string of the molecule is CCc1ccccc1NC(=O)Cc1ccccc1Br. The lowest BCUT2D eigenvalue weighted by Crippen LogP contribution is -2.15. The molecule has 0 unspecified atom stereocenters. The molecule has 0 spiro atoms. The molecule has 0 aliphatic rings. The summed E-state index contributed by atoms with van der Waals surface area (Å²) < 4.78 is 0.967. The molecule has 1 N–H and O–H groups in total. The minimum absolute atomic E-state index is 0.00722. The molecule has 0 bridgehead atoms. The molecule has 0 saturated heterocycles. The average molecular weight is 318 g/mol. The average Bonchev–Trinajstić information content (AvgIpc) is 2.42. The third-order valence-corrected chi connectivity index (χ3v) is 3.75. The zero-order chi connectivity index (χ0) is 13.7. The van der Waals surface area contributed by atoms with Gasteiger partial charge in [-0.3, -0.25) is 4.79 Å². The van der Waals surface area contributed by atoms with Gasteiger partial charge in [0, 0.05) is 10.2 Å². The Labute approximate surface area is 122 Å².